The molecule has 2 aliphatic rings. The number of piperidine rings is 1. The standard InChI is InChI=1S/C28H35N3O5S/c1-29(37(33,34)27-9-5-6-22-19-31(28(32)35-2)17-13-25(22)27)18-21-10-14-30(15-11-21)16-12-23-20-36-26-8-4-3-7-24(23)26/h3-9,20-21H,10-19H2,1-2H3. The number of rotatable bonds is 7. The average molecular weight is 526 g/mol. The fraction of sp³-hybridized carbons (Fsp3) is 0.464. The van der Waals surface area contributed by atoms with Crippen LogP contribution in [-0.4, -0.2) is 75.5 Å². The number of hydrogen-bond acceptors (Lipinski definition) is 6. The molecule has 5 rings (SSSR count). The number of carbonyl (C=O) groups excluding carboxylic acids is 1. The first-order valence-electron chi connectivity index (χ1n) is 12.9. The van der Waals surface area contributed by atoms with Crippen LogP contribution in [0.4, 0.5) is 4.79 Å². The van der Waals surface area contributed by atoms with E-state index in [1.807, 2.05) is 30.5 Å². The van der Waals surface area contributed by atoms with Crippen molar-refractivity contribution in [2.75, 3.05) is 46.9 Å². The summed E-state index contributed by atoms with van der Waals surface area (Å²) in [6.07, 6.45) is 4.88. The van der Waals surface area contributed by atoms with E-state index in [-0.39, 0.29) is 6.09 Å². The Labute approximate surface area is 218 Å². The number of sulfonamides is 1. The lowest BCUT2D eigenvalue weighted by molar-refractivity contribution is 0.118. The molecule has 2 aromatic carbocycles. The minimum atomic E-state index is -3.62. The van der Waals surface area contributed by atoms with Crippen LogP contribution in [0.3, 0.4) is 0 Å². The third-order valence-corrected chi connectivity index (χ3v) is 9.73. The Morgan fingerprint density at radius 3 is 2.68 bits per heavy atom. The first-order chi connectivity index (χ1) is 17.9. The van der Waals surface area contributed by atoms with Crippen LogP contribution in [-0.2, 0) is 34.1 Å². The zero-order valence-electron chi connectivity index (χ0n) is 21.6. The van der Waals surface area contributed by atoms with Crippen molar-refractivity contribution in [3.63, 3.8) is 0 Å². The number of carbonyl (C=O) groups is 1. The van der Waals surface area contributed by atoms with Gasteiger partial charge < -0.3 is 19.0 Å². The van der Waals surface area contributed by atoms with Crippen LogP contribution in [0.2, 0.25) is 0 Å². The number of ether oxygens (including phenoxy) is 1. The fourth-order valence-corrected chi connectivity index (χ4v) is 7.17. The van der Waals surface area contributed by atoms with Crippen molar-refractivity contribution in [2.45, 2.75) is 37.1 Å². The molecule has 0 spiro atoms. The Hall–Kier alpha value is -2.88. The number of amides is 1. The zero-order valence-corrected chi connectivity index (χ0v) is 22.4. The van der Waals surface area contributed by atoms with E-state index >= 15 is 0 Å². The highest BCUT2D eigenvalue weighted by Gasteiger charge is 2.31. The van der Waals surface area contributed by atoms with E-state index in [2.05, 4.69) is 11.0 Å². The molecule has 1 amide bonds. The molecule has 3 heterocycles. The second-order valence-corrected chi connectivity index (χ2v) is 12.1. The average Bonchev–Trinajstić information content (AvgIpc) is 3.34. The van der Waals surface area contributed by atoms with Gasteiger partial charge in [0.2, 0.25) is 10.0 Å². The lowest BCUT2D eigenvalue weighted by Crippen LogP contribution is -2.40. The van der Waals surface area contributed by atoms with Gasteiger partial charge in [-0.05, 0) is 73.5 Å². The molecule has 37 heavy (non-hydrogen) atoms. The van der Waals surface area contributed by atoms with Crippen molar-refractivity contribution in [1.29, 1.82) is 0 Å². The molecule has 1 fully saturated rings. The van der Waals surface area contributed by atoms with Crippen LogP contribution in [0.5, 0.6) is 0 Å². The smallest absolute Gasteiger partial charge is 0.409 e. The minimum Gasteiger partial charge on any atom is -0.464 e. The Balaban J connectivity index is 1.16. The summed E-state index contributed by atoms with van der Waals surface area (Å²) in [6, 6.07) is 13.5. The second-order valence-electron chi connectivity index (χ2n) is 10.1. The summed E-state index contributed by atoms with van der Waals surface area (Å²) in [7, 11) is -0.573. The first kappa shape index (κ1) is 25.8. The maximum atomic E-state index is 13.6. The SMILES string of the molecule is COC(=O)N1CCc2c(cccc2S(=O)(=O)N(C)CC2CCN(CCc3coc4ccccc34)CC2)C1. The number of methoxy groups -OCH3 is 1. The summed E-state index contributed by atoms with van der Waals surface area (Å²) in [6.45, 7) is 4.24. The van der Waals surface area contributed by atoms with Crippen molar-refractivity contribution in [3.8, 4) is 0 Å². The third-order valence-electron chi connectivity index (χ3n) is 7.83. The first-order valence-corrected chi connectivity index (χ1v) is 14.4. The van der Waals surface area contributed by atoms with E-state index in [0.717, 1.165) is 55.6 Å². The van der Waals surface area contributed by atoms with Gasteiger partial charge in [0.1, 0.15) is 5.58 Å². The van der Waals surface area contributed by atoms with Gasteiger partial charge in [-0.1, -0.05) is 30.3 Å². The zero-order chi connectivity index (χ0) is 26.0. The number of benzene rings is 2. The molecule has 0 N–H and O–H groups in total. The number of para-hydroxylation sites is 1. The van der Waals surface area contributed by atoms with E-state index in [4.69, 9.17) is 9.15 Å². The largest absolute Gasteiger partial charge is 0.464 e. The summed E-state index contributed by atoms with van der Waals surface area (Å²) in [4.78, 5) is 16.4. The van der Waals surface area contributed by atoms with E-state index in [0.29, 0.717) is 36.9 Å². The molecule has 0 atom stereocenters. The number of nitrogens with zero attached hydrogens (tertiary/aromatic N) is 3. The molecule has 3 aromatic rings. The highest BCUT2D eigenvalue weighted by Crippen LogP contribution is 2.29. The van der Waals surface area contributed by atoms with Crippen molar-refractivity contribution < 1.29 is 22.4 Å². The van der Waals surface area contributed by atoms with Crippen LogP contribution < -0.4 is 0 Å². The molecular weight excluding hydrogens is 490 g/mol. The molecule has 0 unspecified atom stereocenters. The van der Waals surface area contributed by atoms with Crippen LogP contribution in [0.15, 0.2) is 58.0 Å². The van der Waals surface area contributed by atoms with Gasteiger partial charge in [-0.2, -0.15) is 0 Å². The Morgan fingerprint density at radius 2 is 1.89 bits per heavy atom. The van der Waals surface area contributed by atoms with Crippen LogP contribution in [0.25, 0.3) is 11.0 Å². The van der Waals surface area contributed by atoms with E-state index in [1.165, 1.54) is 22.4 Å². The van der Waals surface area contributed by atoms with Gasteiger partial charge in [0.25, 0.3) is 0 Å². The number of fused-ring (bicyclic) bond motifs is 2. The Kier molecular flexibility index (Phi) is 7.55. The molecule has 198 valence electrons. The lowest BCUT2D eigenvalue weighted by atomic mass is 9.96. The molecule has 0 aliphatic carbocycles. The van der Waals surface area contributed by atoms with E-state index in [9.17, 15) is 13.2 Å². The van der Waals surface area contributed by atoms with Crippen molar-refractivity contribution >= 4 is 27.1 Å². The van der Waals surface area contributed by atoms with Crippen molar-refractivity contribution in [3.05, 3.63) is 65.4 Å². The summed E-state index contributed by atoms with van der Waals surface area (Å²) in [5, 5.41) is 1.19. The summed E-state index contributed by atoms with van der Waals surface area (Å²) in [5.41, 5.74) is 3.85. The second kappa shape index (κ2) is 10.8. The van der Waals surface area contributed by atoms with Gasteiger partial charge in [0.05, 0.1) is 18.3 Å². The Bertz CT molecular complexity index is 1360. The molecule has 0 radical (unpaired) electrons. The number of likely N-dealkylation sites (tertiary alicyclic amines) is 1. The van der Waals surface area contributed by atoms with Gasteiger partial charge >= 0.3 is 6.09 Å². The normalized spacial score (nSPS) is 17.3. The van der Waals surface area contributed by atoms with Crippen LogP contribution >= 0.6 is 0 Å². The predicted molar refractivity (Wildman–Crippen MR) is 142 cm³/mol. The van der Waals surface area contributed by atoms with Crippen molar-refractivity contribution in [2.24, 2.45) is 5.92 Å². The molecular formula is C28H35N3O5S. The molecule has 0 saturated carbocycles. The van der Waals surface area contributed by atoms with Crippen LogP contribution in [0.1, 0.15) is 29.5 Å². The van der Waals surface area contributed by atoms with E-state index in [1.54, 1.807) is 24.1 Å². The molecule has 1 aromatic heterocycles. The summed E-state index contributed by atoms with van der Waals surface area (Å²) >= 11 is 0. The maximum Gasteiger partial charge on any atom is 0.409 e. The van der Waals surface area contributed by atoms with Gasteiger partial charge in [-0.3, -0.25) is 0 Å². The summed E-state index contributed by atoms with van der Waals surface area (Å²) < 4.78 is 39.1. The summed E-state index contributed by atoms with van der Waals surface area (Å²) in [5.74, 6) is 0.333. The molecule has 9 heteroatoms. The van der Waals surface area contributed by atoms with Crippen molar-refractivity contribution in [1.82, 2.24) is 14.1 Å². The molecule has 2 aliphatic heterocycles. The van der Waals surface area contributed by atoms with Gasteiger partial charge in [-0.25, -0.2) is 17.5 Å². The maximum absolute atomic E-state index is 13.6. The molecule has 1 saturated heterocycles. The Morgan fingerprint density at radius 1 is 1.11 bits per heavy atom. The van der Waals surface area contributed by atoms with Gasteiger partial charge in [0.15, 0.2) is 0 Å². The predicted octanol–water partition coefficient (Wildman–Crippen LogP) is 4.13. The number of furan rings is 1. The third kappa shape index (κ3) is 5.39. The van der Waals surface area contributed by atoms with E-state index < -0.39 is 10.0 Å². The fourth-order valence-electron chi connectivity index (χ4n) is 5.63. The highest BCUT2D eigenvalue weighted by molar-refractivity contribution is 7.89. The monoisotopic (exact) mass is 525 g/mol. The van der Waals surface area contributed by atoms with Gasteiger partial charge in [0, 0.05) is 38.6 Å². The molecule has 8 nitrogen and oxygen atoms in total. The lowest BCUT2D eigenvalue weighted by Gasteiger charge is -2.34. The quantitative estimate of drug-likeness (QED) is 0.461. The number of hydrogen-bond donors (Lipinski definition) is 0. The highest BCUT2D eigenvalue weighted by atomic mass is 32.2. The molecule has 0 bridgehead atoms. The van der Waals surface area contributed by atoms with Crippen LogP contribution in [0, 0.1) is 5.92 Å². The minimum absolute atomic E-state index is 0.333. The topological polar surface area (TPSA) is 83.3 Å². The van der Waals surface area contributed by atoms with Gasteiger partial charge in [-0.15, -0.1) is 0 Å².